The van der Waals surface area contributed by atoms with Crippen LogP contribution in [0.2, 0.25) is 0 Å². The van der Waals surface area contributed by atoms with Gasteiger partial charge in [0.05, 0.1) is 89.3 Å². The van der Waals surface area contributed by atoms with Crippen LogP contribution in [0.25, 0.3) is 0 Å². The first kappa shape index (κ1) is 124. The molecule has 28 N–H and O–H groups in total. The van der Waals surface area contributed by atoms with Crippen molar-refractivity contribution in [2.75, 3.05) is 52.9 Å². The first-order chi connectivity index (χ1) is 67.8. The molecule has 0 aromatic heterocycles. The summed E-state index contributed by atoms with van der Waals surface area (Å²) in [5.74, 6) is -14.7. The van der Waals surface area contributed by atoms with Gasteiger partial charge in [-0.05, 0) is 19.3 Å². The Balaban J connectivity index is 1.01. The molecule has 48 nitrogen and oxygen atoms in total. The molecule has 14 unspecified atom stereocenters. The van der Waals surface area contributed by atoms with Gasteiger partial charge < -0.3 is 210 Å². The number of ether oxygens (including phenoxy) is 14. The van der Waals surface area contributed by atoms with E-state index in [2.05, 4.69) is 35.1 Å². The van der Waals surface area contributed by atoms with Gasteiger partial charge >= 0.3 is 11.9 Å². The molecule has 826 valence electrons. The first-order valence-corrected chi connectivity index (χ1v) is 50.7. The zero-order valence-corrected chi connectivity index (χ0v) is 82.1. The molecular weight excluding hydrogens is 1890 g/mol. The fourth-order valence-electron chi connectivity index (χ4n) is 19.1. The summed E-state index contributed by atoms with van der Waals surface area (Å²) in [5, 5.41) is 281. The Morgan fingerprint density at radius 2 is 0.732 bits per heavy atom. The van der Waals surface area contributed by atoms with Crippen LogP contribution >= 0.6 is 0 Å². The highest BCUT2D eigenvalue weighted by Gasteiger charge is 2.64. The number of amides is 4. The molecule has 0 aromatic carbocycles. The Morgan fingerprint density at radius 3 is 1.16 bits per heavy atom. The third kappa shape index (κ3) is 35.9. The van der Waals surface area contributed by atoms with E-state index in [0.717, 1.165) is 78.6 Å². The lowest BCUT2D eigenvalue weighted by Gasteiger charge is -2.52. The molecule has 7 rings (SSSR count). The second kappa shape index (κ2) is 63.3. The number of nitrogens with one attached hydrogen (secondary N) is 4. The van der Waals surface area contributed by atoms with E-state index < -0.39 is 333 Å². The number of carboxylic acids is 2. The van der Waals surface area contributed by atoms with Gasteiger partial charge in [-0.2, -0.15) is 0 Å². The van der Waals surface area contributed by atoms with Crippen LogP contribution in [-0.4, -0.2) is 449 Å². The summed E-state index contributed by atoms with van der Waals surface area (Å²) in [7, 11) is 0. The number of hydrogen-bond donors (Lipinski definition) is 28. The Labute approximate surface area is 827 Å². The fourth-order valence-corrected chi connectivity index (χ4v) is 19.1. The number of aliphatic hydroxyl groups is 22. The van der Waals surface area contributed by atoms with Crippen molar-refractivity contribution in [3.63, 3.8) is 0 Å². The monoisotopic (exact) mass is 2060 g/mol. The van der Waals surface area contributed by atoms with Gasteiger partial charge in [-0.1, -0.05) is 206 Å². The molecule has 4 amide bonds. The Bertz CT molecular complexity index is 3620. The molecular formula is C94H166N4O44. The summed E-state index contributed by atoms with van der Waals surface area (Å²) in [4.78, 5) is 79.0. The summed E-state index contributed by atoms with van der Waals surface area (Å²) in [5.41, 5.74) is 0. The highest BCUT2D eigenvalue weighted by atomic mass is 16.8. The third-order valence-electron chi connectivity index (χ3n) is 27.2. The summed E-state index contributed by atoms with van der Waals surface area (Å²) in [6, 6.07) is -6.98. The maximum atomic E-state index is 13.8. The van der Waals surface area contributed by atoms with Crippen LogP contribution in [0.4, 0.5) is 0 Å². The van der Waals surface area contributed by atoms with Crippen molar-refractivity contribution in [1.82, 2.24) is 21.3 Å². The van der Waals surface area contributed by atoms with Crippen LogP contribution < -0.4 is 21.3 Å². The van der Waals surface area contributed by atoms with E-state index in [1.54, 1.807) is 6.08 Å². The second-order valence-corrected chi connectivity index (χ2v) is 38.5. The van der Waals surface area contributed by atoms with Gasteiger partial charge in [0.25, 0.3) is 11.6 Å². The third-order valence-corrected chi connectivity index (χ3v) is 27.2. The van der Waals surface area contributed by atoms with E-state index in [0.29, 0.717) is 12.8 Å². The topological polar surface area (TPSA) is 765 Å². The number of unbranched alkanes of at least 4 members (excludes halogenated alkanes) is 29. The van der Waals surface area contributed by atoms with Crippen molar-refractivity contribution in [1.29, 1.82) is 0 Å². The average molecular weight is 2060 g/mol. The number of hydrogen-bond acceptors (Lipinski definition) is 42. The zero-order valence-electron chi connectivity index (χ0n) is 82.1. The summed E-state index contributed by atoms with van der Waals surface area (Å²) >= 11 is 0. The van der Waals surface area contributed by atoms with Gasteiger partial charge in [-0.3, -0.25) is 19.2 Å². The number of aliphatic hydroxyl groups excluding tert-OH is 22. The molecule has 0 saturated carbocycles. The molecule has 0 bridgehead atoms. The van der Waals surface area contributed by atoms with Crippen molar-refractivity contribution in [3.05, 3.63) is 12.2 Å². The minimum atomic E-state index is -3.56. The molecule has 7 saturated heterocycles. The van der Waals surface area contributed by atoms with E-state index in [1.807, 2.05) is 6.08 Å². The smallest absolute Gasteiger partial charge is 0.364 e. The highest BCUT2D eigenvalue weighted by molar-refractivity contribution is 5.78. The van der Waals surface area contributed by atoms with Crippen molar-refractivity contribution in [3.8, 4) is 0 Å². The lowest BCUT2D eigenvalue weighted by molar-refractivity contribution is -0.393. The van der Waals surface area contributed by atoms with Crippen molar-refractivity contribution >= 4 is 35.6 Å². The molecule has 39 atom stereocenters. The predicted molar refractivity (Wildman–Crippen MR) is 491 cm³/mol. The van der Waals surface area contributed by atoms with Crippen LogP contribution in [0.15, 0.2) is 12.2 Å². The van der Waals surface area contributed by atoms with Gasteiger partial charge in [0.15, 0.2) is 31.5 Å². The number of carbonyl (C=O) groups is 6. The number of aliphatic carboxylic acids is 2. The van der Waals surface area contributed by atoms with E-state index in [1.165, 1.54) is 128 Å². The fraction of sp³-hybridized carbons (Fsp3) is 0.915. The van der Waals surface area contributed by atoms with Crippen LogP contribution in [0.5, 0.6) is 0 Å². The largest absolute Gasteiger partial charge is 0.477 e. The van der Waals surface area contributed by atoms with Gasteiger partial charge in [-0.25, -0.2) is 9.59 Å². The molecule has 0 aromatic rings. The van der Waals surface area contributed by atoms with Gasteiger partial charge in [-0.15, -0.1) is 0 Å². The summed E-state index contributed by atoms with van der Waals surface area (Å²) < 4.78 is 82.5. The van der Waals surface area contributed by atoms with Gasteiger partial charge in [0.1, 0.15) is 159 Å². The Kier molecular flexibility index (Phi) is 55.3. The second-order valence-electron chi connectivity index (χ2n) is 38.5. The summed E-state index contributed by atoms with van der Waals surface area (Å²) in [6.45, 7) is -1.87. The van der Waals surface area contributed by atoms with Crippen molar-refractivity contribution < 1.29 is 218 Å². The minimum Gasteiger partial charge on any atom is -0.477 e. The van der Waals surface area contributed by atoms with Crippen molar-refractivity contribution in [2.45, 2.75) is 491 Å². The molecule has 7 aliphatic heterocycles. The molecule has 7 aliphatic rings. The maximum absolute atomic E-state index is 13.8. The Hall–Kier alpha value is -4.88. The predicted octanol–water partition coefficient (Wildman–Crippen LogP) is -4.48. The summed E-state index contributed by atoms with van der Waals surface area (Å²) in [6.07, 6.45) is -35.4. The molecule has 142 heavy (non-hydrogen) atoms. The van der Waals surface area contributed by atoms with E-state index in [9.17, 15) is 151 Å². The number of carbonyl (C=O) groups excluding carboxylic acids is 4. The lowest BCUT2D eigenvalue weighted by atomic mass is 9.87. The van der Waals surface area contributed by atoms with Crippen LogP contribution in [-0.2, 0) is 95.1 Å². The van der Waals surface area contributed by atoms with Crippen LogP contribution in [0.1, 0.15) is 253 Å². The Morgan fingerprint density at radius 1 is 0.380 bits per heavy atom. The maximum Gasteiger partial charge on any atom is 0.364 e. The molecule has 7 heterocycles. The van der Waals surface area contributed by atoms with Crippen molar-refractivity contribution in [2.24, 2.45) is 0 Å². The van der Waals surface area contributed by atoms with E-state index in [4.69, 9.17) is 66.3 Å². The standard InChI is InChI=1S/C94H166N4O44/c1-6-8-10-12-14-16-18-20-21-22-23-24-25-27-29-31-33-35-37-39-64(113)98-53(54(109)38-36-34-32-30-28-26-19-17-15-13-11-9-7-2)49-129-87-75(121)73(119)79(62(47-104)133-87)135-88-76(122)74(120)80(63(48-105)134-88)136-89-77(123)84(70(116)59(44-101)131-89)138-86-67(97-52(5)108)81(69(115)58(43-100)130-86)137-90-78(124)85(71(117)60(45-102)132-90)142-94(92(127)128)41-56(111)66(96-51(4)107)83(141-94)72(118)61(46-103)139-93(91(125)126)40-55(110)65(95-50(3)106)82(140-93)68(114)57(112)42-99/h36,38,53-63,65-90,99-105,109-112,114-124H,6-35,37,39-49H2,1-5H3,(H,95,106)(H,96,107)(H,97,108)(H,98,113)(H,125,126)(H,127,128)/b38-36+/t53-,54+,55?,56?,57+,58?,59?,60?,61+,62?,63?,65+,66+,67?,68+,69-,70-,71-,72+,73+,74+,75?,76?,77?,78?,79+,80-,81+,82?,83?,84-,85-,86-,87+,88-,89-,90-,93+,94-/m0/s1. The first-order valence-electron chi connectivity index (χ1n) is 50.7. The molecule has 7 fully saturated rings. The minimum absolute atomic E-state index is 0.146. The SMILES string of the molecule is CCCCCCCCCCCCC/C=C/[C@@H](O)[C@H](CO[C@@H]1OC(CO)[C@@H](O[C@@H]2OC(CO)[C@H](O[C@@H]3OC(CO)[C@H](O)[C@H](O[C@@H]4OC(CO)[C@H](O)[C@H](O[C@@H]5OC(CO)[C@H](O)[C@H](O[C@]6(C(=O)O)CC(O)[C@@H](NC(C)=O)C([C@H](O)[C@@H](CO)O[C@]7(C(=O)O)CC(O)[C@@H](NC(C)=O)C([C@H](O)[C@H](O)CO)O7)O6)C5O)C4NC(C)=O)C3O)[C@H](O)C2O)[C@H](O)C1O)NC(=O)CCCCCCCCCCCCCCCCCCCCC. The average Bonchev–Trinajstić information content (AvgIpc) is 0.735. The van der Waals surface area contributed by atoms with E-state index >= 15 is 0 Å². The number of rotatable bonds is 66. The number of allylic oxidation sites excluding steroid dienone is 1. The number of carboxylic acid groups (broad SMARTS) is 2. The molecule has 0 spiro atoms. The van der Waals surface area contributed by atoms with E-state index in [-0.39, 0.29) is 12.3 Å². The quantitative estimate of drug-likeness (QED) is 0.0202. The zero-order chi connectivity index (χ0) is 105. The highest BCUT2D eigenvalue weighted by Crippen LogP contribution is 2.43. The van der Waals surface area contributed by atoms with Gasteiger partial charge in [0.2, 0.25) is 23.6 Å². The normalized spacial score (nSPS) is 36.0. The lowest BCUT2D eigenvalue weighted by Crippen LogP contribution is -2.72. The molecule has 48 heteroatoms. The molecule has 0 aliphatic carbocycles. The van der Waals surface area contributed by atoms with Gasteiger partial charge in [0, 0.05) is 40.0 Å². The van der Waals surface area contributed by atoms with Crippen LogP contribution in [0, 0.1) is 0 Å². The van der Waals surface area contributed by atoms with Crippen LogP contribution in [0.3, 0.4) is 0 Å². The molecule has 0 radical (unpaired) electrons.